The number of hydrogen-bond donors (Lipinski definition) is 0. The van der Waals surface area contributed by atoms with Gasteiger partial charge in [0.05, 0.1) is 19.6 Å². The molecule has 1 aromatic heterocycles. The second-order valence-corrected chi connectivity index (χ2v) is 8.20. The fourth-order valence-corrected chi connectivity index (χ4v) is 4.39. The molecule has 0 aliphatic carbocycles. The highest BCUT2D eigenvalue weighted by molar-refractivity contribution is 7.99. The number of morpholine rings is 1. The van der Waals surface area contributed by atoms with Gasteiger partial charge in [-0.05, 0) is 18.6 Å². The molecule has 6 nitrogen and oxygen atoms in total. The summed E-state index contributed by atoms with van der Waals surface area (Å²) in [5.74, 6) is 0.668. The van der Waals surface area contributed by atoms with Gasteiger partial charge in [0.15, 0.2) is 5.78 Å². The first-order chi connectivity index (χ1) is 13.5. The van der Waals surface area contributed by atoms with E-state index in [2.05, 4.69) is 22.1 Å². The molecule has 0 saturated carbocycles. The van der Waals surface area contributed by atoms with Gasteiger partial charge in [0.1, 0.15) is 11.5 Å². The molecule has 0 bridgehead atoms. The monoisotopic (exact) mass is 401 g/mol. The van der Waals surface area contributed by atoms with Crippen molar-refractivity contribution < 1.29 is 14.3 Å². The molecule has 0 N–H and O–H groups in total. The molecular formula is C21H27N3O3S. The van der Waals surface area contributed by atoms with Crippen LogP contribution in [0.2, 0.25) is 0 Å². The lowest BCUT2D eigenvalue weighted by Crippen LogP contribution is -2.37. The Morgan fingerprint density at radius 1 is 1.18 bits per heavy atom. The molecule has 1 saturated heterocycles. The van der Waals surface area contributed by atoms with Gasteiger partial charge < -0.3 is 4.74 Å². The number of aromatic nitrogens is 2. The van der Waals surface area contributed by atoms with E-state index in [1.165, 1.54) is 17.4 Å². The molecule has 150 valence electrons. The van der Waals surface area contributed by atoms with Crippen LogP contribution in [0.15, 0.2) is 35.4 Å². The van der Waals surface area contributed by atoms with Gasteiger partial charge in [0, 0.05) is 55.5 Å². The van der Waals surface area contributed by atoms with Crippen molar-refractivity contribution in [2.24, 2.45) is 7.05 Å². The Hall–Kier alpha value is -1.96. The summed E-state index contributed by atoms with van der Waals surface area (Å²) in [6, 6.07) is 8.30. The molecule has 0 spiro atoms. The lowest BCUT2D eigenvalue weighted by atomic mass is 10.0. The zero-order valence-corrected chi connectivity index (χ0v) is 17.3. The number of rotatable bonds is 9. The highest BCUT2D eigenvalue weighted by Gasteiger charge is 2.19. The van der Waals surface area contributed by atoms with E-state index >= 15 is 0 Å². The lowest BCUT2D eigenvalue weighted by molar-refractivity contribution is -0.116. The molecule has 1 fully saturated rings. The average Bonchev–Trinajstić information content (AvgIpc) is 3.04. The summed E-state index contributed by atoms with van der Waals surface area (Å²) in [5.41, 5.74) is 2.46. The maximum Gasteiger partial charge on any atom is 0.190 e. The molecule has 2 aromatic rings. The topological polar surface area (TPSA) is 64.4 Å². The minimum atomic E-state index is -0.208. The summed E-state index contributed by atoms with van der Waals surface area (Å²) in [5, 5.41) is 4.30. The second kappa shape index (κ2) is 10.0. The van der Waals surface area contributed by atoms with Gasteiger partial charge in [-0.3, -0.25) is 19.2 Å². The number of carbonyl (C=O) groups excluding carboxylic acids is 2. The number of ether oxygens (including phenoxy) is 1. The van der Waals surface area contributed by atoms with Crippen LogP contribution in [0.5, 0.6) is 0 Å². The summed E-state index contributed by atoms with van der Waals surface area (Å²) in [6.45, 7) is 6.11. The lowest BCUT2D eigenvalue weighted by Gasteiger charge is -2.26. The molecule has 1 aromatic carbocycles. The van der Waals surface area contributed by atoms with Crippen LogP contribution in [0.4, 0.5) is 0 Å². The Morgan fingerprint density at radius 3 is 2.68 bits per heavy atom. The largest absolute Gasteiger partial charge is 0.379 e. The summed E-state index contributed by atoms with van der Waals surface area (Å²) in [7, 11) is 1.80. The van der Waals surface area contributed by atoms with Gasteiger partial charge in [-0.15, -0.1) is 11.8 Å². The first-order valence-corrected chi connectivity index (χ1v) is 10.6. The molecule has 0 amide bonds. The molecule has 1 aliphatic heterocycles. The second-order valence-electron chi connectivity index (χ2n) is 7.07. The van der Waals surface area contributed by atoms with Gasteiger partial charge in [-0.25, -0.2) is 0 Å². The number of Topliss-reactive ketones (excluding diaryl/α,β-unsaturated/α-hetero) is 2. The van der Waals surface area contributed by atoms with Crippen LogP contribution in [-0.2, 0) is 23.0 Å². The SMILES string of the molecule is CC(=O)CC(=O)c1nn(C)cc1Cc1ccccc1SCCN1CCOCC1. The van der Waals surface area contributed by atoms with Crippen molar-refractivity contribution in [1.29, 1.82) is 0 Å². The van der Waals surface area contributed by atoms with Gasteiger partial charge in [0.2, 0.25) is 0 Å². The predicted octanol–water partition coefficient (Wildman–Crippen LogP) is 2.60. The van der Waals surface area contributed by atoms with Crippen LogP contribution in [-0.4, -0.2) is 64.8 Å². The normalized spacial score (nSPS) is 14.9. The summed E-state index contributed by atoms with van der Waals surface area (Å²) in [4.78, 5) is 27.4. The standard InChI is InChI=1S/C21H27N3O3S/c1-16(25)13-19(26)21-18(15-23(2)22-21)14-17-5-3-4-6-20(17)28-12-9-24-7-10-27-11-8-24/h3-6,15H,7-14H2,1-2H3. The van der Waals surface area contributed by atoms with Crippen LogP contribution in [0.25, 0.3) is 0 Å². The summed E-state index contributed by atoms with van der Waals surface area (Å²) >= 11 is 1.84. The van der Waals surface area contributed by atoms with Crippen LogP contribution in [0.3, 0.4) is 0 Å². The molecule has 2 heterocycles. The number of hydrogen-bond acceptors (Lipinski definition) is 6. The minimum absolute atomic E-state index is 0.0973. The van der Waals surface area contributed by atoms with E-state index in [-0.39, 0.29) is 18.0 Å². The molecule has 1 aliphatic rings. The molecule has 0 atom stereocenters. The van der Waals surface area contributed by atoms with E-state index in [0.29, 0.717) is 12.1 Å². The van der Waals surface area contributed by atoms with Crippen molar-refractivity contribution in [3.8, 4) is 0 Å². The van der Waals surface area contributed by atoms with Crippen LogP contribution < -0.4 is 0 Å². The Balaban J connectivity index is 1.68. The van der Waals surface area contributed by atoms with Crippen molar-refractivity contribution in [3.05, 3.63) is 47.3 Å². The number of nitrogens with zero attached hydrogens (tertiary/aromatic N) is 3. The zero-order chi connectivity index (χ0) is 19.9. The van der Waals surface area contributed by atoms with Crippen molar-refractivity contribution in [2.75, 3.05) is 38.6 Å². The van der Waals surface area contributed by atoms with Crippen molar-refractivity contribution >= 4 is 23.3 Å². The number of aryl methyl sites for hydroxylation is 1. The third kappa shape index (κ3) is 5.77. The van der Waals surface area contributed by atoms with Crippen molar-refractivity contribution in [2.45, 2.75) is 24.7 Å². The van der Waals surface area contributed by atoms with Crippen molar-refractivity contribution in [3.63, 3.8) is 0 Å². The molecular weight excluding hydrogens is 374 g/mol. The maximum absolute atomic E-state index is 12.4. The van der Waals surface area contributed by atoms with Crippen molar-refractivity contribution in [1.82, 2.24) is 14.7 Å². The third-order valence-electron chi connectivity index (χ3n) is 4.70. The van der Waals surface area contributed by atoms with Gasteiger partial charge in [-0.1, -0.05) is 18.2 Å². The fourth-order valence-electron chi connectivity index (χ4n) is 3.32. The molecule has 3 rings (SSSR count). The smallest absolute Gasteiger partial charge is 0.190 e. The Bertz CT molecular complexity index is 828. The fraction of sp³-hybridized carbons (Fsp3) is 0.476. The van der Waals surface area contributed by atoms with E-state index in [4.69, 9.17) is 4.74 Å². The zero-order valence-electron chi connectivity index (χ0n) is 16.5. The highest BCUT2D eigenvalue weighted by atomic mass is 32.2. The first kappa shape index (κ1) is 20.8. The molecule has 7 heteroatoms. The van der Waals surface area contributed by atoms with Crippen LogP contribution in [0, 0.1) is 0 Å². The van der Waals surface area contributed by atoms with Crippen LogP contribution in [0.1, 0.15) is 35.0 Å². The quantitative estimate of drug-likeness (QED) is 0.366. The summed E-state index contributed by atoms with van der Waals surface area (Å²) < 4.78 is 7.05. The Labute approximate surface area is 170 Å². The van der Waals surface area contributed by atoms with E-state index in [9.17, 15) is 9.59 Å². The number of benzene rings is 1. The number of ketones is 2. The minimum Gasteiger partial charge on any atom is -0.379 e. The van der Waals surface area contributed by atoms with Gasteiger partial charge in [-0.2, -0.15) is 5.10 Å². The van der Waals surface area contributed by atoms with Crippen LogP contribution >= 0.6 is 11.8 Å². The first-order valence-electron chi connectivity index (χ1n) is 9.59. The molecule has 0 radical (unpaired) electrons. The third-order valence-corrected chi connectivity index (χ3v) is 5.80. The summed E-state index contributed by atoms with van der Waals surface area (Å²) in [6.07, 6.45) is 2.41. The Morgan fingerprint density at radius 2 is 1.93 bits per heavy atom. The number of thioether (sulfide) groups is 1. The Kier molecular flexibility index (Phi) is 7.42. The number of carbonyl (C=O) groups is 2. The average molecular weight is 402 g/mol. The van der Waals surface area contributed by atoms with Gasteiger partial charge in [0.25, 0.3) is 0 Å². The molecule has 28 heavy (non-hydrogen) atoms. The van der Waals surface area contributed by atoms with E-state index < -0.39 is 0 Å². The van der Waals surface area contributed by atoms with Gasteiger partial charge >= 0.3 is 0 Å². The van der Waals surface area contributed by atoms with E-state index in [0.717, 1.165) is 44.2 Å². The predicted molar refractivity (Wildman–Crippen MR) is 110 cm³/mol. The maximum atomic E-state index is 12.4. The molecule has 0 unspecified atom stereocenters. The van der Waals surface area contributed by atoms with E-state index in [1.807, 2.05) is 30.1 Å². The van der Waals surface area contributed by atoms with E-state index in [1.54, 1.807) is 11.7 Å². The highest BCUT2D eigenvalue weighted by Crippen LogP contribution is 2.26.